The van der Waals surface area contributed by atoms with Crippen molar-refractivity contribution in [2.24, 2.45) is 11.7 Å². The maximum Gasteiger partial charge on any atom is 0.490 e. The first-order valence-corrected chi connectivity index (χ1v) is 8.93. The quantitative estimate of drug-likeness (QED) is 0.489. The molecule has 1 aliphatic rings. The summed E-state index contributed by atoms with van der Waals surface area (Å²) in [7, 11) is 1.59. The summed E-state index contributed by atoms with van der Waals surface area (Å²) in [6, 6.07) is 6.37. The van der Waals surface area contributed by atoms with Gasteiger partial charge in [0.05, 0.1) is 19.2 Å². The summed E-state index contributed by atoms with van der Waals surface area (Å²) in [6.07, 6.45) is 0.203. The molecule has 5 N–H and O–H groups in total. The molecular formula is C19H24F3N3O5. The number of carbonyl (C=O) groups is 3. The summed E-state index contributed by atoms with van der Waals surface area (Å²) in [6.45, 7) is 1.64. The van der Waals surface area contributed by atoms with Crippen LogP contribution < -0.4 is 21.1 Å². The van der Waals surface area contributed by atoms with E-state index in [1.807, 2.05) is 0 Å². The average molecular weight is 431 g/mol. The van der Waals surface area contributed by atoms with E-state index >= 15 is 0 Å². The summed E-state index contributed by atoms with van der Waals surface area (Å²) in [5.41, 5.74) is 6.24. The van der Waals surface area contributed by atoms with Crippen LogP contribution in [0, 0.1) is 5.92 Å². The SMILES string of the molecule is COc1ccc(NC(=O)C=C[C@@H](NC(=O)[C@H](C)N)C2CC2)cc1.O=C(O)C(F)(F)F. The molecule has 0 radical (unpaired) electrons. The second-order valence-electron chi connectivity index (χ2n) is 6.54. The van der Waals surface area contributed by atoms with Crippen LogP contribution in [0.25, 0.3) is 0 Å². The molecule has 2 atom stereocenters. The molecular weight excluding hydrogens is 407 g/mol. The second-order valence-corrected chi connectivity index (χ2v) is 6.54. The topological polar surface area (TPSA) is 131 Å². The molecule has 0 aromatic heterocycles. The molecule has 8 nitrogen and oxygen atoms in total. The number of carbonyl (C=O) groups excluding carboxylic acids is 2. The van der Waals surface area contributed by atoms with Gasteiger partial charge in [-0.05, 0) is 49.9 Å². The number of alkyl halides is 3. The largest absolute Gasteiger partial charge is 0.497 e. The third-order valence-corrected chi connectivity index (χ3v) is 3.91. The van der Waals surface area contributed by atoms with Gasteiger partial charge in [-0.3, -0.25) is 9.59 Å². The Morgan fingerprint density at radius 3 is 2.17 bits per heavy atom. The fraction of sp³-hybridized carbons (Fsp3) is 0.421. The molecule has 2 rings (SSSR count). The molecule has 30 heavy (non-hydrogen) atoms. The van der Waals surface area contributed by atoms with Crippen molar-refractivity contribution in [3.8, 4) is 5.75 Å². The minimum Gasteiger partial charge on any atom is -0.497 e. The molecule has 1 aromatic rings. The monoisotopic (exact) mass is 431 g/mol. The fourth-order valence-corrected chi connectivity index (χ4v) is 2.12. The lowest BCUT2D eigenvalue weighted by molar-refractivity contribution is -0.192. The van der Waals surface area contributed by atoms with Crippen LogP contribution in [0.2, 0.25) is 0 Å². The molecule has 11 heteroatoms. The number of carboxylic acid groups (broad SMARTS) is 1. The van der Waals surface area contributed by atoms with Crippen LogP contribution in [0.15, 0.2) is 36.4 Å². The van der Waals surface area contributed by atoms with E-state index < -0.39 is 18.2 Å². The number of anilines is 1. The van der Waals surface area contributed by atoms with E-state index in [1.165, 1.54) is 6.08 Å². The lowest BCUT2D eigenvalue weighted by Gasteiger charge is -2.15. The van der Waals surface area contributed by atoms with Crippen molar-refractivity contribution in [3.05, 3.63) is 36.4 Å². The van der Waals surface area contributed by atoms with Crippen molar-refractivity contribution < 1.29 is 37.4 Å². The maximum atomic E-state index is 12.0. The summed E-state index contributed by atoms with van der Waals surface area (Å²) in [5.74, 6) is -2.08. The summed E-state index contributed by atoms with van der Waals surface area (Å²) in [4.78, 5) is 32.6. The highest BCUT2D eigenvalue weighted by molar-refractivity contribution is 5.99. The van der Waals surface area contributed by atoms with Gasteiger partial charge in [-0.2, -0.15) is 13.2 Å². The average Bonchev–Trinajstić information content (AvgIpc) is 3.50. The number of rotatable bonds is 7. The standard InChI is InChI=1S/C17H23N3O3.C2HF3O2/c1-11(18)17(22)20-15(12-3-4-12)9-10-16(21)19-13-5-7-14(23-2)8-6-13;3-2(4,5)1(6)7/h5-12,15H,3-4,18H2,1-2H3,(H,19,21)(H,20,22);(H,6,7)/t11-,15+;/m0./s1. The number of hydrogen-bond acceptors (Lipinski definition) is 5. The van der Waals surface area contributed by atoms with E-state index in [1.54, 1.807) is 44.4 Å². The minimum absolute atomic E-state index is 0.143. The van der Waals surface area contributed by atoms with Gasteiger partial charge in [0.25, 0.3) is 0 Å². The molecule has 1 saturated carbocycles. The summed E-state index contributed by atoms with van der Waals surface area (Å²) in [5, 5.41) is 12.8. The van der Waals surface area contributed by atoms with Crippen LogP contribution in [-0.4, -0.2) is 48.3 Å². The number of ether oxygens (including phenoxy) is 1. The number of aliphatic carboxylic acids is 1. The number of methoxy groups -OCH3 is 1. The van der Waals surface area contributed by atoms with Gasteiger partial charge in [0, 0.05) is 11.8 Å². The first-order valence-electron chi connectivity index (χ1n) is 8.93. The van der Waals surface area contributed by atoms with E-state index in [4.69, 9.17) is 20.4 Å². The molecule has 0 bridgehead atoms. The number of hydrogen-bond donors (Lipinski definition) is 4. The van der Waals surface area contributed by atoms with E-state index in [0.29, 0.717) is 11.6 Å². The molecule has 0 aliphatic heterocycles. The Morgan fingerprint density at radius 2 is 1.77 bits per heavy atom. The lowest BCUT2D eigenvalue weighted by Crippen LogP contribution is -2.44. The molecule has 0 spiro atoms. The zero-order valence-corrected chi connectivity index (χ0v) is 16.4. The van der Waals surface area contributed by atoms with Crippen molar-refractivity contribution in [2.75, 3.05) is 12.4 Å². The molecule has 1 fully saturated rings. The minimum atomic E-state index is -5.08. The molecule has 1 aromatic carbocycles. The predicted octanol–water partition coefficient (Wildman–Crippen LogP) is 2.07. The smallest absolute Gasteiger partial charge is 0.490 e. The van der Waals surface area contributed by atoms with Crippen LogP contribution >= 0.6 is 0 Å². The highest BCUT2D eigenvalue weighted by Crippen LogP contribution is 2.33. The molecule has 2 amide bonds. The van der Waals surface area contributed by atoms with Gasteiger partial charge < -0.3 is 26.2 Å². The van der Waals surface area contributed by atoms with Crippen LogP contribution in [0.1, 0.15) is 19.8 Å². The highest BCUT2D eigenvalue weighted by atomic mass is 19.4. The van der Waals surface area contributed by atoms with Crippen molar-refractivity contribution >= 4 is 23.5 Å². The fourth-order valence-electron chi connectivity index (χ4n) is 2.12. The number of nitrogens with two attached hydrogens (primary N) is 1. The Hall–Kier alpha value is -3.08. The molecule has 0 heterocycles. The zero-order chi connectivity index (χ0) is 22.9. The summed E-state index contributed by atoms with van der Waals surface area (Å²) < 4.78 is 36.8. The summed E-state index contributed by atoms with van der Waals surface area (Å²) >= 11 is 0. The third kappa shape index (κ3) is 9.41. The van der Waals surface area contributed by atoms with Crippen molar-refractivity contribution in [3.63, 3.8) is 0 Å². The van der Waals surface area contributed by atoms with Gasteiger partial charge >= 0.3 is 12.1 Å². The Kier molecular flexibility index (Phi) is 9.31. The van der Waals surface area contributed by atoms with Crippen LogP contribution in [0.5, 0.6) is 5.75 Å². The van der Waals surface area contributed by atoms with Gasteiger partial charge in [0.15, 0.2) is 0 Å². The number of nitrogens with one attached hydrogen (secondary N) is 2. The van der Waals surface area contributed by atoms with E-state index in [2.05, 4.69) is 10.6 Å². The number of amides is 2. The number of halogens is 3. The van der Waals surface area contributed by atoms with Gasteiger partial charge in [-0.1, -0.05) is 6.08 Å². The maximum absolute atomic E-state index is 12.0. The van der Waals surface area contributed by atoms with E-state index in [-0.39, 0.29) is 17.9 Å². The Labute approximate surface area is 171 Å². The number of carboxylic acids is 1. The van der Waals surface area contributed by atoms with Crippen LogP contribution in [-0.2, 0) is 14.4 Å². The Bertz CT molecular complexity index is 760. The lowest BCUT2D eigenvalue weighted by atomic mass is 10.1. The van der Waals surface area contributed by atoms with E-state index in [0.717, 1.165) is 18.6 Å². The predicted molar refractivity (Wildman–Crippen MR) is 103 cm³/mol. The van der Waals surface area contributed by atoms with Gasteiger partial charge in [0.1, 0.15) is 5.75 Å². The van der Waals surface area contributed by atoms with Crippen molar-refractivity contribution in [1.82, 2.24) is 5.32 Å². The molecule has 0 saturated heterocycles. The van der Waals surface area contributed by atoms with Gasteiger partial charge in [-0.25, -0.2) is 4.79 Å². The number of benzene rings is 1. The third-order valence-electron chi connectivity index (χ3n) is 3.91. The van der Waals surface area contributed by atoms with Crippen molar-refractivity contribution in [1.29, 1.82) is 0 Å². The normalized spacial score (nSPS) is 15.4. The molecule has 166 valence electrons. The van der Waals surface area contributed by atoms with E-state index in [9.17, 15) is 22.8 Å². The van der Waals surface area contributed by atoms with Crippen molar-refractivity contribution in [2.45, 2.75) is 38.0 Å². The first kappa shape index (κ1) is 25.0. The van der Waals surface area contributed by atoms with Crippen LogP contribution in [0.4, 0.5) is 18.9 Å². The highest BCUT2D eigenvalue weighted by Gasteiger charge is 2.38. The second kappa shape index (κ2) is 11.2. The van der Waals surface area contributed by atoms with Crippen LogP contribution in [0.3, 0.4) is 0 Å². The van der Waals surface area contributed by atoms with Gasteiger partial charge in [-0.15, -0.1) is 0 Å². The Balaban J connectivity index is 0.000000553. The molecule has 1 aliphatic carbocycles. The molecule has 0 unspecified atom stereocenters. The first-order chi connectivity index (χ1) is 13.9. The van der Waals surface area contributed by atoms with Gasteiger partial charge in [0.2, 0.25) is 11.8 Å². The Morgan fingerprint density at radius 1 is 1.23 bits per heavy atom. The zero-order valence-electron chi connectivity index (χ0n) is 16.4.